The number of carbonyl (C=O) groups excluding carboxylic acids is 1. The summed E-state index contributed by atoms with van der Waals surface area (Å²) in [7, 11) is 5.96. The van der Waals surface area contributed by atoms with Gasteiger partial charge in [-0.25, -0.2) is 9.59 Å². The van der Waals surface area contributed by atoms with Crippen molar-refractivity contribution in [3.63, 3.8) is 0 Å². The molecule has 1 heterocycles. The SMILES string of the molecule is COc1ccc(-c2cc3ccc(OC(=O)c4c(OC)cccc4OC)cc3oc2=O)c(OC)c1. The zero-order chi connectivity index (χ0) is 24.2. The minimum Gasteiger partial charge on any atom is -0.497 e. The van der Waals surface area contributed by atoms with Crippen LogP contribution in [-0.4, -0.2) is 34.4 Å². The second kappa shape index (κ2) is 9.58. The Morgan fingerprint density at radius 3 is 2.03 bits per heavy atom. The van der Waals surface area contributed by atoms with E-state index in [2.05, 4.69) is 0 Å². The minimum atomic E-state index is -0.671. The van der Waals surface area contributed by atoms with Crippen LogP contribution in [0.1, 0.15) is 10.4 Å². The van der Waals surface area contributed by atoms with Gasteiger partial charge in [-0.1, -0.05) is 6.07 Å². The monoisotopic (exact) mass is 462 g/mol. The summed E-state index contributed by atoms with van der Waals surface area (Å²) in [5, 5.41) is 0.641. The Kier molecular flexibility index (Phi) is 6.40. The number of ether oxygens (including phenoxy) is 5. The maximum Gasteiger partial charge on any atom is 0.351 e. The summed E-state index contributed by atoms with van der Waals surface area (Å²) in [6.07, 6.45) is 0. The van der Waals surface area contributed by atoms with E-state index in [0.717, 1.165) is 0 Å². The van der Waals surface area contributed by atoms with E-state index in [0.29, 0.717) is 39.5 Å². The molecular weight excluding hydrogens is 440 g/mol. The Hall–Kier alpha value is -4.46. The molecule has 3 aromatic carbocycles. The van der Waals surface area contributed by atoms with Crippen LogP contribution in [0.5, 0.6) is 28.7 Å². The van der Waals surface area contributed by atoms with Crippen LogP contribution < -0.4 is 29.3 Å². The summed E-state index contributed by atoms with van der Waals surface area (Å²) >= 11 is 0. The van der Waals surface area contributed by atoms with E-state index in [1.54, 1.807) is 61.7 Å². The van der Waals surface area contributed by atoms with E-state index in [-0.39, 0.29) is 16.9 Å². The van der Waals surface area contributed by atoms with E-state index in [1.807, 2.05) is 0 Å². The zero-order valence-corrected chi connectivity index (χ0v) is 19.0. The van der Waals surface area contributed by atoms with Crippen LogP contribution in [-0.2, 0) is 0 Å². The molecule has 0 bridgehead atoms. The van der Waals surface area contributed by atoms with Gasteiger partial charge in [-0.05, 0) is 42.5 Å². The number of hydrogen-bond acceptors (Lipinski definition) is 8. The highest BCUT2D eigenvalue weighted by atomic mass is 16.5. The Morgan fingerprint density at radius 2 is 1.38 bits per heavy atom. The third kappa shape index (κ3) is 4.25. The Balaban J connectivity index is 1.70. The summed E-state index contributed by atoms with van der Waals surface area (Å²) in [5.41, 5.74) is 0.744. The predicted molar refractivity (Wildman–Crippen MR) is 126 cm³/mol. The van der Waals surface area contributed by atoms with Gasteiger partial charge >= 0.3 is 11.6 Å². The topological polar surface area (TPSA) is 93.4 Å². The molecule has 0 unspecified atom stereocenters. The van der Waals surface area contributed by atoms with Crippen molar-refractivity contribution < 1.29 is 32.9 Å². The third-order valence-corrected chi connectivity index (χ3v) is 5.25. The first-order valence-electron chi connectivity index (χ1n) is 10.2. The quantitative estimate of drug-likeness (QED) is 0.221. The molecule has 4 aromatic rings. The van der Waals surface area contributed by atoms with Crippen molar-refractivity contribution in [1.82, 2.24) is 0 Å². The molecule has 0 saturated carbocycles. The smallest absolute Gasteiger partial charge is 0.351 e. The van der Waals surface area contributed by atoms with Crippen LogP contribution in [0.4, 0.5) is 0 Å². The Morgan fingerprint density at radius 1 is 0.706 bits per heavy atom. The van der Waals surface area contributed by atoms with Gasteiger partial charge in [0.15, 0.2) is 0 Å². The fourth-order valence-corrected chi connectivity index (χ4v) is 3.57. The largest absolute Gasteiger partial charge is 0.497 e. The highest BCUT2D eigenvalue weighted by Gasteiger charge is 2.21. The first kappa shape index (κ1) is 22.7. The summed E-state index contributed by atoms with van der Waals surface area (Å²) in [5.74, 6) is 1.23. The lowest BCUT2D eigenvalue weighted by molar-refractivity contribution is 0.0727. The van der Waals surface area contributed by atoms with Crippen molar-refractivity contribution >= 4 is 16.9 Å². The van der Waals surface area contributed by atoms with Gasteiger partial charge in [-0.15, -0.1) is 0 Å². The fourth-order valence-electron chi connectivity index (χ4n) is 3.57. The Labute approximate surface area is 195 Å². The number of fused-ring (bicyclic) bond motifs is 1. The second-order valence-corrected chi connectivity index (χ2v) is 7.14. The maximum atomic E-state index is 12.8. The lowest BCUT2D eigenvalue weighted by Gasteiger charge is -2.12. The van der Waals surface area contributed by atoms with Crippen LogP contribution >= 0.6 is 0 Å². The molecule has 0 fully saturated rings. The molecule has 8 heteroatoms. The second-order valence-electron chi connectivity index (χ2n) is 7.14. The van der Waals surface area contributed by atoms with Gasteiger partial charge in [-0.2, -0.15) is 0 Å². The zero-order valence-electron chi connectivity index (χ0n) is 19.0. The highest BCUT2D eigenvalue weighted by molar-refractivity contribution is 5.97. The average molecular weight is 462 g/mol. The molecule has 0 amide bonds. The van der Waals surface area contributed by atoms with Crippen LogP contribution in [0.3, 0.4) is 0 Å². The fraction of sp³-hybridized carbons (Fsp3) is 0.154. The average Bonchev–Trinajstić information content (AvgIpc) is 2.87. The molecule has 0 radical (unpaired) electrons. The molecule has 0 saturated heterocycles. The van der Waals surface area contributed by atoms with Crippen molar-refractivity contribution in [2.24, 2.45) is 0 Å². The predicted octanol–water partition coefficient (Wildman–Crippen LogP) is 4.71. The number of esters is 1. The number of rotatable bonds is 7. The van der Waals surface area contributed by atoms with E-state index >= 15 is 0 Å². The highest BCUT2D eigenvalue weighted by Crippen LogP contribution is 2.34. The van der Waals surface area contributed by atoms with Crippen LogP contribution in [0.2, 0.25) is 0 Å². The Bertz CT molecular complexity index is 1400. The summed E-state index contributed by atoms with van der Waals surface area (Å²) in [6, 6.07) is 16.6. The van der Waals surface area contributed by atoms with E-state index in [4.69, 9.17) is 28.1 Å². The first-order valence-corrected chi connectivity index (χ1v) is 10.2. The van der Waals surface area contributed by atoms with E-state index in [9.17, 15) is 9.59 Å². The molecule has 34 heavy (non-hydrogen) atoms. The van der Waals surface area contributed by atoms with Gasteiger partial charge in [0.2, 0.25) is 0 Å². The van der Waals surface area contributed by atoms with Crippen molar-refractivity contribution in [3.8, 4) is 39.9 Å². The van der Waals surface area contributed by atoms with Crippen LogP contribution in [0, 0.1) is 0 Å². The van der Waals surface area contributed by atoms with E-state index < -0.39 is 11.6 Å². The van der Waals surface area contributed by atoms with Crippen molar-refractivity contribution in [1.29, 1.82) is 0 Å². The molecule has 0 aliphatic carbocycles. The van der Waals surface area contributed by atoms with Crippen molar-refractivity contribution in [2.45, 2.75) is 0 Å². The molecule has 8 nitrogen and oxygen atoms in total. The van der Waals surface area contributed by atoms with Gasteiger partial charge in [0.25, 0.3) is 0 Å². The standard InChI is InChI=1S/C26H22O8/c1-29-16-10-11-18(23(13-16)32-4)19-12-15-8-9-17(14-22(15)34-25(19)27)33-26(28)24-20(30-2)6-5-7-21(24)31-3/h5-14H,1-4H3. The van der Waals surface area contributed by atoms with Gasteiger partial charge in [0.1, 0.15) is 39.9 Å². The summed E-state index contributed by atoms with van der Waals surface area (Å²) < 4.78 is 32.2. The maximum absolute atomic E-state index is 12.8. The molecule has 0 aliphatic heterocycles. The molecule has 0 spiro atoms. The summed E-state index contributed by atoms with van der Waals surface area (Å²) in [4.78, 5) is 25.6. The number of benzene rings is 3. The van der Waals surface area contributed by atoms with Crippen molar-refractivity contribution in [3.05, 3.63) is 76.6 Å². The van der Waals surface area contributed by atoms with E-state index in [1.165, 1.54) is 27.4 Å². The third-order valence-electron chi connectivity index (χ3n) is 5.25. The van der Waals surface area contributed by atoms with Gasteiger partial charge in [0.05, 0.1) is 34.0 Å². The van der Waals surface area contributed by atoms with Crippen molar-refractivity contribution in [2.75, 3.05) is 28.4 Å². The number of hydrogen-bond donors (Lipinski definition) is 0. The molecule has 0 N–H and O–H groups in total. The number of methoxy groups -OCH3 is 4. The van der Waals surface area contributed by atoms with Crippen LogP contribution in [0.25, 0.3) is 22.1 Å². The molecule has 0 aliphatic rings. The molecule has 1 aromatic heterocycles. The normalized spacial score (nSPS) is 10.6. The first-order chi connectivity index (χ1) is 16.5. The summed E-state index contributed by atoms with van der Waals surface area (Å²) in [6.45, 7) is 0. The lowest BCUT2D eigenvalue weighted by atomic mass is 10.0. The van der Waals surface area contributed by atoms with Gasteiger partial charge in [0, 0.05) is 23.1 Å². The van der Waals surface area contributed by atoms with Crippen LogP contribution in [0.15, 0.2) is 69.9 Å². The molecule has 174 valence electrons. The molecular formula is C26H22O8. The van der Waals surface area contributed by atoms with Gasteiger partial charge < -0.3 is 28.1 Å². The molecule has 0 atom stereocenters. The lowest BCUT2D eigenvalue weighted by Crippen LogP contribution is -2.12. The van der Waals surface area contributed by atoms with Gasteiger partial charge in [-0.3, -0.25) is 0 Å². The number of carbonyl (C=O) groups is 1. The molecule has 4 rings (SSSR count). The minimum absolute atomic E-state index is 0.149.